The molecule has 3 N–H and O–H groups in total. The molecule has 1 heterocycles. The zero-order valence-corrected chi connectivity index (χ0v) is 14.6. The second-order valence-electron chi connectivity index (χ2n) is 5.77. The van der Waals surface area contributed by atoms with E-state index in [9.17, 15) is 13.7 Å². The quantitative estimate of drug-likeness (QED) is 0.692. The number of hydrogen-bond acceptors (Lipinski definition) is 5. The van der Waals surface area contributed by atoms with E-state index in [0.717, 1.165) is 17.7 Å². The molecule has 0 saturated carbocycles. The van der Waals surface area contributed by atoms with Crippen LogP contribution in [0.3, 0.4) is 0 Å². The largest absolute Gasteiger partial charge is 0.380 e. The first-order chi connectivity index (χ1) is 12.5. The average Bonchev–Trinajstić information content (AvgIpc) is 3.13. The summed E-state index contributed by atoms with van der Waals surface area (Å²) >= 11 is 0. The zero-order chi connectivity index (χ0) is 18.6. The molecule has 0 amide bonds. The van der Waals surface area contributed by atoms with E-state index in [2.05, 4.69) is 10.3 Å². The number of primary sulfonamides is 1. The third kappa shape index (κ3) is 4.27. The number of nitriles is 1. The van der Waals surface area contributed by atoms with Gasteiger partial charge in [-0.3, -0.25) is 0 Å². The Kier molecular flexibility index (Phi) is 5.02. The number of benzene rings is 2. The van der Waals surface area contributed by atoms with Crippen molar-refractivity contribution in [3.05, 3.63) is 77.9 Å². The summed E-state index contributed by atoms with van der Waals surface area (Å²) in [5.74, 6) is 0. The lowest BCUT2D eigenvalue weighted by atomic mass is 10.1. The number of hydrogen-bond donors (Lipinski definition) is 2. The van der Waals surface area contributed by atoms with Gasteiger partial charge in [-0.05, 0) is 29.3 Å². The Morgan fingerprint density at radius 2 is 1.88 bits per heavy atom. The van der Waals surface area contributed by atoms with E-state index in [4.69, 9.17) is 5.14 Å². The summed E-state index contributed by atoms with van der Waals surface area (Å²) in [5.41, 5.74) is 2.98. The van der Waals surface area contributed by atoms with Gasteiger partial charge in [0, 0.05) is 25.5 Å². The van der Waals surface area contributed by atoms with E-state index in [0.29, 0.717) is 12.2 Å². The summed E-state index contributed by atoms with van der Waals surface area (Å²) in [6.07, 6.45) is 5.42. The number of sulfonamides is 1. The molecule has 1 aromatic heterocycles. The minimum atomic E-state index is -3.83. The summed E-state index contributed by atoms with van der Waals surface area (Å²) in [6, 6.07) is 14.3. The van der Waals surface area contributed by atoms with Gasteiger partial charge in [0.2, 0.25) is 10.0 Å². The average molecular weight is 367 g/mol. The lowest BCUT2D eigenvalue weighted by Gasteiger charge is -2.10. The lowest BCUT2D eigenvalue weighted by molar-refractivity contribution is 0.598. The fourth-order valence-corrected chi connectivity index (χ4v) is 3.04. The Bertz CT molecular complexity index is 1040. The molecule has 0 atom stereocenters. The molecule has 26 heavy (non-hydrogen) atoms. The van der Waals surface area contributed by atoms with Crippen LogP contribution in [0.5, 0.6) is 0 Å². The molecule has 0 aliphatic rings. The standard InChI is InChI=1S/C18H17N5O2S/c19-10-16-9-17(26(20,24)25)5-6-18(16)22-11-14-1-3-15(4-2-14)12-23-8-7-21-13-23/h1-9,13,22H,11-12H2,(H2,20,24,25). The van der Waals surface area contributed by atoms with Crippen LogP contribution in [-0.2, 0) is 23.1 Å². The van der Waals surface area contributed by atoms with Gasteiger partial charge in [0.05, 0.1) is 22.5 Å². The fraction of sp³-hybridized carbons (Fsp3) is 0.111. The van der Waals surface area contributed by atoms with E-state index in [1.807, 2.05) is 41.1 Å². The van der Waals surface area contributed by atoms with Crippen LogP contribution < -0.4 is 10.5 Å². The molecular formula is C18H17N5O2S. The molecule has 0 bridgehead atoms. The number of rotatable bonds is 6. The van der Waals surface area contributed by atoms with Gasteiger partial charge >= 0.3 is 0 Å². The smallest absolute Gasteiger partial charge is 0.238 e. The number of nitrogens with zero attached hydrogens (tertiary/aromatic N) is 3. The summed E-state index contributed by atoms with van der Waals surface area (Å²) in [7, 11) is -3.83. The van der Waals surface area contributed by atoms with E-state index in [1.165, 1.54) is 12.1 Å². The highest BCUT2D eigenvalue weighted by Gasteiger charge is 2.11. The van der Waals surface area contributed by atoms with Gasteiger partial charge in [0.1, 0.15) is 6.07 Å². The first-order valence-corrected chi connectivity index (χ1v) is 9.35. The minimum Gasteiger partial charge on any atom is -0.380 e. The zero-order valence-electron chi connectivity index (χ0n) is 13.8. The maximum atomic E-state index is 11.4. The van der Waals surface area contributed by atoms with Crippen molar-refractivity contribution in [1.82, 2.24) is 9.55 Å². The Labute approximate surface area is 151 Å². The SMILES string of the molecule is N#Cc1cc(S(N)(=O)=O)ccc1NCc1ccc(Cn2ccnc2)cc1. The van der Waals surface area contributed by atoms with Gasteiger partial charge in [-0.15, -0.1) is 0 Å². The van der Waals surface area contributed by atoms with Crippen molar-refractivity contribution in [2.75, 3.05) is 5.32 Å². The number of nitrogens with one attached hydrogen (secondary N) is 1. The molecule has 0 aliphatic heterocycles. The molecule has 7 nitrogen and oxygen atoms in total. The van der Waals surface area contributed by atoms with Crippen LogP contribution in [0.15, 0.2) is 66.1 Å². The first-order valence-electron chi connectivity index (χ1n) is 7.80. The Hall–Kier alpha value is -3.15. The molecule has 132 valence electrons. The predicted octanol–water partition coefficient (Wildman–Crippen LogP) is 2.06. The normalized spacial score (nSPS) is 11.1. The van der Waals surface area contributed by atoms with Crippen molar-refractivity contribution in [2.24, 2.45) is 5.14 Å². The van der Waals surface area contributed by atoms with Crippen molar-refractivity contribution < 1.29 is 8.42 Å². The van der Waals surface area contributed by atoms with Crippen molar-refractivity contribution in [3.63, 3.8) is 0 Å². The molecule has 3 aromatic rings. The van der Waals surface area contributed by atoms with Crippen LogP contribution >= 0.6 is 0 Å². The Morgan fingerprint density at radius 1 is 1.15 bits per heavy atom. The molecule has 0 aliphatic carbocycles. The van der Waals surface area contributed by atoms with Crippen LogP contribution in [0.4, 0.5) is 5.69 Å². The van der Waals surface area contributed by atoms with Crippen LogP contribution in [0.2, 0.25) is 0 Å². The molecule has 0 unspecified atom stereocenters. The Morgan fingerprint density at radius 3 is 2.50 bits per heavy atom. The summed E-state index contributed by atoms with van der Waals surface area (Å²) < 4.78 is 24.7. The van der Waals surface area contributed by atoms with Crippen molar-refractivity contribution in [2.45, 2.75) is 18.0 Å². The molecule has 0 saturated heterocycles. The third-order valence-corrected chi connectivity index (χ3v) is 4.78. The summed E-state index contributed by atoms with van der Waals surface area (Å²) in [6.45, 7) is 1.26. The highest BCUT2D eigenvalue weighted by molar-refractivity contribution is 7.89. The topological polar surface area (TPSA) is 114 Å². The molecular weight excluding hydrogens is 350 g/mol. The number of imidazole rings is 1. The molecule has 0 radical (unpaired) electrons. The van der Waals surface area contributed by atoms with Crippen molar-refractivity contribution >= 4 is 15.7 Å². The number of aromatic nitrogens is 2. The maximum absolute atomic E-state index is 11.4. The number of nitrogens with two attached hydrogens (primary N) is 1. The van der Waals surface area contributed by atoms with E-state index in [1.54, 1.807) is 18.6 Å². The summed E-state index contributed by atoms with van der Waals surface area (Å²) in [4.78, 5) is 3.94. The monoisotopic (exact) mass is 367 g/mol. The van der Waals surface area contributed by atoms with Crippen molar-refractivity contribution in [1.29, 1.82) is 5.26 Å². The van der Waals surface area contributed by atoms with E-state index in [-0.39, 0.29) is 10.5 Å². The Balaban J connectivity index is 1.68. The lowest BCUT2D eigenvalue weighted by Crippen LogP contribution is -2.12. The second kappa shape index (κ2) is 7.39. The molecule has 0 fully saturated rings. The molecule has 3 rings (SSSR count). The van der Waals surface area contributed by atoms with Gasteiger partial charge in [-0.2, -0.15) is 5.26 Å². The van der Waals surface area contributed by atoms with Crippen LogP contribution in [0, 0.1) is 11.3 Å². The second-order valence-corrected chi connectivity index (χ2v) is 7.33. The van der Waals surface area contributed by atoms with Crippen molar-refractivity contribution in [3.8, 4) is 6.07 Å². The predicted molar refractivity (Wildman–Crippen MR) is 97.6 cm³/mol. The molecule has 0 spiro atoms. The van der Waals surface area contributed by atoms with Gasteiger partial charge in [-0.25, -0.2) is 18.5 Å². The third-order valence-electron chi connectivity index (χ3n) is 3.87. The number of anilines is 1. The highest BCUT2D eigenvalue weighted by Crippen LogP contribution is 2.20. The molecule has 8 heteroatoms. The minimum absolute atomic E-state index is 0.0801. The first kappa shape index (κ1) is 17.7. The fourth-order valence-electron chi connectivity index (χ4n) is 2.50. The van der Waals surface area contributed by atoms with Gasteiger partial charge in [0.25, 0.3) is 0 Å². The van der Waals surface area contributed by atoms with E-state index >= 15 is 0 Å². The van der Waals surface area contributed by atoms with Gasteiger partial charge in [-0.1, -0.05) is 24.3 Å². The summed E-state index contributed by atoms with van der Waals surface area (Å²) in [5, 5.41) is 17.5. The van der Waals surface area contributed by atoms with E-state index < -0.39 is 10.0 Å². The van der Waals surface area contributed by atoms with Crippen LogP contribution in [0.1, 0.15) is 16.7 Å². The van der Waals surface area contributed by atoms with Gasteiger partial charge < -0.3 is 9.88 Å². The van der Waals surface area contributed by atoms with Crippen LogP contribution in [0.25, 0.3) is 0 Å². The maximum Gasteiger partial charge on any atom is 0.238 e. The molecule has 2 aromatic carbocycles. The van der Waals surface area contributed by atoms with Gasteiger partial charge in [0.15, 0.2) is 0 Å². The van der Waals surface area contributed by atoms with Crippen LogP contribution in [-0.4, -0.2) is 18.0 Å². The highest BCUT2D eigenvalue weighted by atomic mass is 32.2.